The highest BCUT2D eigenvalue weighted by Crippen LogP contribution is 2.36. The summed E-state index contributed by atoms with van der Waals surface area (Å²) in [5, 5.41) is 21.3. The molecule has 0 bridgehead atoms. The van der Waals surface area contributed by atoms with Crippen LogP contribution in [0, 0.1) is 6.92 Å². The van der Waals surface area contributed by atoms with Gasteiger partial charge in [0.15, 0.2) is 5.75 Å². The van der Waals surface area contributed by atoms with Gasteiger partial charge in [0.25, 0.3) is 0 Å². The molecule has 1 aliphatic rings. The molecule has 1 aromatic carbocycles. The molecule has 0 aliphatic heterocycles. The number of benzene rings is 1. The molecule has 1 saturated carbocycles. The lowest BCUT2D eigenvalue weighted by atomic mass is 9.96. The van der Waals surface area contributed by atoms with Gasteiger partial charge in [-0.15, -0.1) is 5.10 Å². The molecule has 11 nitrogen and oxygen atoms in total. The van der Waals surface area contributed by atoms with Crippen molar-refractivity contribution >= 4 is 23.3 Å². The molecule has 3 heterocycles. The molecule has 11 heteroatoms. The molecule has 0 spiro atoms. The number of hydrogen-bond acceptors (Lipinski definition) is 8. The van der Waals surface area contributed by atoms with Crippen molar-refractivity contribution in [2.45, 2.75) is 52.4 Å². The number of nitrogens with zero attached hydrogens (tertiary/aromatic N) is 6. The van der Waals surface area contributed by atoms with Gasteiger partial charge in [0.1, 0.15) is 18.2 Å². The molecule has 182 valence electrons. The average molecular weight is 478 g/mol. The van der Waals surface area contributed by atoms with E-state index in [1.165, 1.54) is 0 Å². The van der Waals surface area contributed by atoms with E-state index in [0.717, 1.165) is 30.4 Å². The molecule has 35 heavy (non-hydrogen) atoms. The number of carbonyl (C=O) groups is 1. The van der Waals surface area contributed by atoms with E-state index in [0.29, 0.717) is 35.3 Å². The number of rotatable bonds is 9. The second-order valence-corrected chi connectivity index (χ2v) is 8.52. The summed E-state index contributed by atoms with van der Waals surface area (Å²) in [5.74, 6) is -0.0607. The minimum absolute atomic E-state index is 0.109. The minimum atomic E-state index is -0.971. The van der Waals surface area contributed by atoms with Gasteiger partial charge >= 0.3 is 5.97 Å². The summed E-state index contributed by atoms with van der Waals surface area (Å²) in [5.41, 5.74) is 3.68. The van der Waals surface area contributed by atoms with Crippen molar-refractivity contribution in [1.82, 2.24) is 29.4 Å². The highest BCUT2D eigenvalue weighted by atomic mass is 16.5. The Kier molecular flexibility index (Phi) is 6.08. The largest absolute Gasteiger partial charge is 0.484 e. The molecule has 1 unspecified atom stereocenters. The van der Waals surface area contributed by atoms with Crippen LogP contribution in [0.25, 0.3) is 16.9 Å². The second kappa shape index (κ2) is 9.34. The fourth-order valence-electron chi connectivity index (χ4n) is 3.89. The maximum Gasteiger partial charge on any atom is 0.335 e. The minimum Gasteiger partial charge on any atom is -0.484 e. The number of anilines is 2. The van der Waals surface area contributed by atoms with Gasteiger partial charge in [0.2, 0.25) is 11.6 Å². The van der Waals surface area contributed by atoms with Crippen LogP contribution in [0.2, 0.25) is 0 Å². The monoisotopic (exact) mass is 477 g/mol. The first-order chi connectivity index (χ1) is 16.9. The van der Waals surface area contributed by atoms with Gasteiger partial charge in [-0.2, -0.15) is 14.6 Å². The Morgan fingerprint density at radius 3 is 2.86 bits per heavy atom. The van der Waals surface area contributed by atoms with Crippen molar-refractivity contribution in [2.24, 2.45) is 0 Å². The van der Waals surface area contributed by atoms with Crippen LogP contribution in [0.1, 0.15) is 55.3 Å². The number of carboxylic acids is 1. The average Bonchev–Trinajstić information content (AvgIpc) is 3.44. The number of aromatic nitrogens is 6. The van der Waals surface area contributed by atoms with Crippen LogP contribution in [0.5, 0.6) is 5.75 Å². The van der Waals surface area contributed by atoms with Crippen molar-refractivity contribution in [1.29, 1.82) is 0 Å². The molecule has 1 atom stereocenters. The van der Waals surface area contributed by atoms with Crippen LogP contribution in [-0.4, -0.2) is 53.1 Å². The van der Waals surface area contributed by atoms with E-state index in [1.807, 2.05) is 27.0 Å². The van der Waals surface area contributed by atoms with Crippen LogP contribution in [0.15, 0.2) is 36.9 Å². The van der Waals surface area contributed by atoms with E-state index >= 15 is 0 Å². The van der Waals surface area contributed by atoms with Gasteiger partial charge < -0.3 is 19.9 Å². The highest BCUT2D eigenvalue weighted by Gasteiger charge is 2.25. The Labute approximate surface area is 201 Å². The lowest BCUT2D eigenvalue weighted by molar-refractivity contribution is 0.0160. The Morgan fingerprint density at radius 1 is 1.34 bits per heavy atom. The van der Waals surface area contributed by atoms with E-state index in [-0.39, 0.29) is 17.9 Å². The lowest BCUT2D eigenvalue weighted by Gasteiger charge is -2.27. The third-order valence-corrected chi connectivity index (χ3v) is 6.06. The van der Waals surface area contributed by atoms with Crippen LogP contribution in [-0.2, 0) is 4.74 Å². The maximum atomic E-state index is 11.2. The normalized spacial score (nSPS) is 14.6. The summed E-state index contributed by atoms with van der Waals surface area (Å²) in [7, 11) is 0. The standard InChI is InChI=1S/C24H27N7O4/c1-4-34-15(3)30-12-17(11-26-30)20-21(35-18-6-5-7-18)22-28-24(29-31(22)13-25-20)27-19-9-8-16(23(32)33)10-14(19)2/h8-13,15,18H,4-7H2,1-3H3,(H,27,29)(H,32,33). The van der Waals surface area contributed by atoms with Crippen molar-refractivity contribution in [3.05, 3.63) is 48.0 Å². The van der Waals surface area contributed by atoms with E-state index < -0.39 is 5.97 Å². The van der Waals surface area contributed by atoms with Crippen LogP contribution in [0.4, 0.5) is 11.6 Å². The predicted molar refractivity (Wildman–Crippen MR) is 128 cm³/mol. The topological polar surface area (TPSA) is 129 Å². The van der Waals surface area contributed by atoms with E-state index in [4.69, 9.17) is 9.47 Å². The predicted octanol–water partition coefficient (Wildman–Crippen LogP) is 4.22. The molecule has 0 radical (unpaired) electrons. The maximum absolute atomic E-state index is 11.2. The van der Waals surface area contributed by atoms with Crippen molar-refractivity contribution in [3.63, 3.8) is 0 Å². The number of hydrogen-bond donors (Lipinski definition) is 2. The molecule has 4 aromatic rings. The molecule has 3 aromatic heterocycles. The number of fused-ring (bicyclic) bond motifs is 1. The zero-order valence-electron chi connectivity index (χ0n) is 19.8. The lowest BCUT2D eigenvalue weighted by Crippen LogP contribution is -2.25. The van der Waals surface area contributed by atoms with Gasteiger partial charge in [0.05, 0.1) is 17.9 Å². The van der Waals surface area contributed by atoms with Gasteiger partial charge in [-0.25, -0.2) is 14.5 Å². The molecule has 2 N–H and O–H groups in total. The number of carboxylic acid groups (broad SMARTS) is 1. The van der Waals surface area contributed by atoms with Crippen molar-refractivity contribution in [3.8, 4) is 17.0 Å². The number of aryl methyl sites for hydroxylation is 1. The fraction of sp³-hybridized carbons (Fsp3) is 0.375. The quantitative estimate of drug-likeness (QED) is 0.364. The molecular formula is C24H27N7O4. The first kappa shape index (κ1) is 22.8. The van der Waals surface area contributed by atoms with Crippen molar-refractivity contribution in [2.75, 3.05) is 11.9 Å². The number of nitrogens with one attached hydrogen (secondary N) is 1. The summed E-state index contributed by atoms with van der Waals surface area (Å²) < 4.78 is 15.3. The second-order valence-electron chi connectivity index (χ2n) is 8.52. The van der Waals surface area contributed by atoms with Crippen LogP contribution < -0.4 is 10.1 Å². The summed E-state index contributed by atoms with van der Waals surface area (Å²) in [6.07, 6.45) is 8.23. The SMILES string of the molecule is CCOC(C)n1cc(-c2ncn3nc(Nc4ccc(C(=O)O)cc4C)nc3c2OC2CCC2)cn1. The van der Waals surface area contributed by atoms with Gasteiger partial charge in [-0.1, -0.05) is 0 Å². The van der Waals surface area contributed by atoms with Gasteiger partial charge in [-0.05, 0) is 63.8 Å². The molecular weight excluding hydrogens is 450 g/mol. The third kappa shape index (κ3) is 4.54. The Morgan fingerprint density at radius 2 is 2.17 bits per heavy atom. The molecule has 1 fully saturated rings. The molecule has 5 rings (SSSR count). The smallest absolute Gasteiger partial charge is 0.335 e. The molecule has 0 saturated heterocycles. The summed E-state index contributed by atoms with van der Waals surface area (Å²) in [4.78, 5) is 20.5. The fourth-order valence-corrected chi connectivity index (χ4v) is 3.89. The Hall–Kier alpha value is -3.99. The van der Waals surface area contributed by atoms with Gasteiger partial charge in [0, 0.05) is 24.1 Å². The summed E-state index contributed by atoms with van der Waals surface area (Å²) in [6, 6.07) is 4.85. The van der Waals surface area contributed by atoms with Crippen molar-refractivity contribution < 1.29 is 19.4 Å². The first-order valence-corrected chi connectivity index (χ1v) is 11.6. The molecule has 1 aliphatic carbocycles. The summed E-state index contributed by atoms with van der Waals surface area (Å²) >= 11 is 0. The van der Waals surface area contributed by atoms with E-state index in [1.54, 1.807) is 39.9 Å². The first-order valence-electron chi connectivity index (χ1n) is 11.6. The number of aromatic carboxylic acids is 1. The van der Waals surface area contributed by atoms with E-state index in [9.17, 15) is 9.90 Å². The zero-order valence-corrected chi connectivity index (χ0v) is 19.8. The third-order valence-electron chi connectivity index (χ3n) is 6.06. The Bertz CT molecular complexity index is 1380. The van der Waals surface area contributed by atoms with Crippen LogP contribution in [0.3, 0.4) is 0 Å². The molecule has 0 amide bonds. The zero-order chi connectivity index (χ0) is 24.5. The number of ether oxygens (including phenoxy) is 2. The highest BCUT2D eigenvalue weighted by molar-refractivity contribution is 5.88. The van der Waals surface area contributed by atoms with Gasteiger partial charge in [-0.3, -0.25) is 0 Å². The summed E-state index contributed by atoms with van der Waals surface area (Å²) in [6.45, 7) is 6.30. The Balaban J connectivity index is 1.51. The van der Waals surface area contributed by atoms with Crippen LogP contribution >= 0.6 is 0 Å². The van der Waals surface area contributed by atoms with E-state index in [2.05, 4.69) is 25.5 Å².